The van der Waals surface area contributed by atoms with Crippen molar-refractivity contribution in [3.8, 4) is 6.07 Å². The summed E-state index contributed by atoms with van der Waals surface area (Å²) in [5.74, 6) is -0.697. The molecular weight excluding hydrogens is 378 g/mol. The lowest BCUT2D eigenvalue weighted by Gasteiger charge is -2.13. The first-order chi connectivity index (χ1) is 14.2. The van der Waals surface area contributed by atoms with Gasteiger partial charge >= 0.3 is 5.97 Å². The van der Waals surface area contributed by atoms with E-state index in [1.165, 1.54) is 13.0 Å². The van der Waals surface area contributed by atoms with Crippen molar-refractivity contribution < 1.29 is 14.3 Å². The lowest BCUT2D eigenvalue weighted by molar-refractivity contribution is -0.148. The molecule has 30 heavy (non-hydrogen) atoms. The number of rotatable bonds is 8. The average Bonchev–Trinajstić information content (AvgIpc) is 2.97. The van der Waals surface area contributed by atoms with Crippen molar-refractivity contribution >= 4 is 23.6 Å². The quantitative estimate of drug-likeness (QED) is 0.393. The monoisotopic (exact) mass is 407 g/mol. The van der Waals surface area contributed by atoms with Crippen molar-refractivity contribution in [2.24, 2.45) is 5.92 Å². The summed E-state index contributed by atoms with van der Waals surface area (Å²) in [4.78, 5) is 24.7. The maximum absolute atomic E-state index is 12.5. The Balaban J connectivity index is 2.10. The zero-order chi connectivity index (χ0) is 22.3. The number of nitriles is 1. The molecule has 6 nitrogen and oxygen atoms in total. The van der Waals surface area contributed by atoms with E-state index in [1.54, 1.807) is 24.3 Å². The molecule has 158 valence electrons. The molecule has 1 amide bonds. The number of aryl methyl sites for hydroxylation is 1. The van der Waals surface area contributed by atoms with Crippen LogP contribution in [0.5, 0.6) is 0 Å². The van der Waals surface area contributed by atoms with Gasteiger partial charge in [0, 0.05) is 23.6 Å². The molecule has 0 aliphatic heterocycles. The Bertz CT molecular complexity index is 966. The van der Waals surface area contributed by atoms with Crippen LogP contribution in [0.3, 0.4) is 0 Å². The van der Waals surface area contributed by atoms with Crippen LogP contribution >= 0.6 is 0 Å². The van der Waals surface area contributed by atoms with Gasteiger partial charge in [-0.15, -0.1) is 0 Å². The fraction of sp³-hybridized carbons (Fsp3) is 0.375. The second-order valence-corrected chi connectivity index (χ2v) is 7.73. The number of benzene rings is 1. The normalized spacial score (nSPS) is 12.4. The van der Waals surface area contributed by atoms with Crippen molar-refractivity contribution in [1.82, 2.24) is 4.57 Å². The van der Waals surface area contributed by atoms with Crippen molar-refractivity contribution in [1.29, 1.82) is 5.26 Å². The minimum atomic E-state index is -1.03. The van der Waals surface area contributed by atoms with Crippen LogP contribution in [0.1, 0.15) is 44.1 Å². The van der Waals surface area contributed by atoms with Crippen LogP contribution in [0.4, 0.5) is 5.69 Å². The average molecular weight is 408 g/mol. The first kappa shape index (κ1) is 23.0. The smallest absolute Gasteiger partial charge is 0.349 e. The Kier molecular flexibility index (Phi) is 7.99. The Morgan fingerprint density at radius 2 is 1.87 bits per heavy atom. The number of para-hydroxylation sites is 1. The molecule has 2 rings (SSSR count). The molecule has 1 heterocycles. The van der Waals surface area contributed by atoms with Crippen LogP contribution in [-0.4, -0.2) is 22.5 Å². The number of hydrogen-bond donors (Lipinski definition) is 1. The Labute approximate surface area is 178 Å². The predicted molar refractivity (Wildman–Crippen MR) is 118 cm³/mol. The zero-order valence-electron chi connectivity index (χ0n) is 18.2. The van der Waals surface area contributed by atoms with Crippen molar-refractivity contribution in [3.05, 3.63) is 58.9 Å². The van der Waals surface area contributed by atoms with E-state index in [4.69, 9.17) is 4.74 Å². The summed E-state index contributed by atoms with van der Waals surface area (Å²) in [5, 5.41) is 12.1. The number of carbonyl (C=O) groups is 2. The third-order valence-corrected chi connectivity index (χ3v) is 4.88. The number of nitrogens with zero attached hydrogens (tertiary/aromatic N) is 2. The zero-order valence-corrected chi connectivity index (χ0v) is 18.2. The van der Waals surface area contributed by atoms with E-state index in [2.05, 4.69) is 23.7 Å². The molecule has 0 aliphatic rings. The number of amides is 1. The van der Waals surface area contributed by atoms with Crippen LogP contribution in [0.15, 0.2) is 42.0 Å². The van der Waals surface area contributed by atoms with E-state index in [1.807, 2.05) is 32.0 Å². The van der Waals surface area contributed by atoms with Gasteiger partial charge in [0.15, 0.2) is 6.10 Å². The topological polar surface area (TPSA) is 84.1 Å². The highest BCUT2D eigenvalue weighted by molar-refractivity contribution is 6.01. The standard InChI is InChI=1S/C24H29N3O3/c1-16(2)11-12-27-17(3)13-20(18(27)4)14-21(15-25)24(29)30-19(5)23(28)26-22-9-7-6-8-10-22/h6-10,13-14,16,19H,11-12H2,1-5H3,(H,26,28)/b21-14+/t19-/m0/s1. The number of carbonyl (C=O) groups excluding carboxylic acids is 2. The van der Waals surface area contributed by atoms with E-state index in [-0.39, 0.29) is 5.57 Å². The number of ether oxygens (including phenoxy) is 1. The molecule has 1 aromatic carbocycles. The van der Waals surface area contributed by atoms with Crippen LogP contribution in [-0.2, 0) is 20.9 Å². The fourth-order valence-electron chi connectivity index (χ4n) is 3.04. The fourth-order valence-corrected chi connectivity index (χ4v) is 3.04. The van der Waals surface area contributed by atoms with Gasteiger partial charge in [0.1, 0.15) is 11.6 Å². The molecule has 0 saturated carbocycles. The van der Waals surface area contributed by atoms with Gasteiger partial charge in [-0.2, -0.15) is 5.26 Å². The third kappa shape index (κ3) is 6.08. The van der Waals surface area contributed by atoms with E-state index >= 15 is 0 Å². The molecule has 2 aromatic rings. The Hall–Kier alpha value is -3.33. The van der Waals surface area contributed by atoms with Crippen LogP contribution in [0, 0.1) is 31.1 Å². The molecule has 0 aliphatic carbocycles. The van der Waals surface area contributed by atoms with Crippen LogP contribution in [0.25, 0.3) is 6.08 Å². The molecular formula is C24H29N3O3. The summed E-state index contributed by atoms with van der Waals surface area (Å²) < 4.78 is 7.40. The highest BCUT2D eigenvalue weighted by Gasteiger charge is 2.21. The molecule has 0 radical (unpaired) electrons. The van der Waals surface area contributed by atoms with Gasteiger partial charge < -0.3 is 14.6 Å². The number of hydrogen-bond acceptors (Lipinski definition) is 4. The largest absolute Gasteiger partial charge is 0.448 e. The maximum atomic E-state index is 12.5. The van der Waals surface area contributed by atoms with E-state index in [0.717, 1.165) is 29.9 Å². The van der Waals surface area contributed by atoms with Gasteiger partial charge in [0.25, 0.3) is 5.91 Å². The third-order valence-electron chi connectivity index (χ3n) is 4.88. The molecule has 1 aromatic heterocycles. The summed E-state index contributed by atoms with van der Waals surface area (Å²) >= 11 is 0. The Morgan fingerprint density at radius 3 is 2.47 bits per heavy atom. The lowest BCUT2D eigenvalue weighted by atomic mass is 10.1. The first-order valence-electron chi connectivity index (χ1n) is 10.1. The summed E-state index contributed by atoms with van der Waals surface area (Å²) in [5.41, 5.74) is 3.32. The predicted octanol–water partition coefficient (Wildman–Crippen LogP) is 4.63. The molecule has 1 N–H and O–H groups in total. The summed E-state index contributed by atoms with van der Waals surface area (Å²) in [6.45, 7) is 10.7. The van der Waals surface area contributed by atoms with Crippen molar-refractivity contribution in [3.63, 3.8) is 0 Å². The highest BCUT2D eigenvalue weighted by atomic mass is 16.5. The Morgan fingerprint density at radius 1 is 1.20 bits per heavy atom. The summed E-state index contributed by atoms with van der Waals surface area (Å²) in [6, 6.07) is 12.7. The van der Waals surface area contributed by atoms with Gasteiger partial charge in [0.05, 0.1) is 0 Å². The minimum absolute atomic E-state index is 0.140. The molecule has 0 saturated heterocycles. The van der Waals surface area contributed by atoms with Crippen molar-refractivity contribution in [2.45, 2.75) is 53.7 Å². The lowest BCUT2D eigenvalue weighted by Crippen LogP contribution is -2.30. The number of aromatic nitrogens is 1. The van der Waals surface area contributed by atoms with E-state index < -0.39 is 18.0 Å². The van der Waals surface area contributed by atoms with E-state index in [9.17, 15) is 14.9 Å². The van der Waals surface area contributed by atoms with E-state index in [0.29, 0.717) is 11.6 Å². The van der Waals surface area contributed by atoms with Crippen LogP contribution < -0.4 is 5.32 Å². The maximum Gasteiger partial charge on any atom is 0.349 e. The van der Waals surface area contributed by atoms with Gasteiger partial charge in [-0.05, 0) is 62.9 Å². The number of anilines is 1. The highest BCUT2D eigenvalue weighted by Crippen LogP contribution is 2.20. The van der Waals surface area contributed by atoms with Crippen molar-refractivity contribution in [2.75, 3.05) is 5.32 Å². The van der Waals surface area contributed by atoms with Crippen LogP contribution in [0.2, 0.25) is 0 Å². The molecule has 1 atom stereocenters. The molecule has 0 bridgehead atoms. The van der Waals surface area contributed by atoms with Gasteiger partial charge in [-0.25, -0.2) is 4.79 Å². The minimum Gasteiger partial charge on any atom is -0.448 e. The SMILES string of the molecule is Cc1cc(/C=C(\C#N)C(=O)O[C@@H](C)C(=O)Nc2ccccc2)c(C)n1CCC(C)C. The molecule has 6 heteroatoms. The second-order valence-electron chi connectivity index (χ2n) is 7.73. The summed E-state index contributed by atoms with van der Waals surface area (Å²) in [7, 11) is 0. The van der Waals surface area contributed by atoms with Gasteiger partial charge in [0.2, 0.25) is 0 Å². The molecule has 0 fully saturated rings. The molecule has 0 unspecified atom stereocenters. The number of nitrogens with one attached hydrogen (secondary N) is 1. The number of esters is 1. The second kappa shape index (κ2) is 10.4. The summed E-state index contributed by atoms with van der Waals surface area (Å²) in [6.07, 6.45) is 1.53. The van der Waals surface area contributed by atoms with Gasteiger partial charge in [-0.1, -0.05) is 32.0 Å². The first-order valence-corrected chi connectivity index (χ1v) is 10.1. The van der Waals surface area contributed by atoms with Gasteiger partial charge in [-0.3, -0.25) is 4.79 Å². The molecule has 0 spiro atoms.